The molecule has 2 rings (SSSR count). The largest absolute Gasteiger partial charge is 0.352 e. The van der Waals surface area contributed by atoms with Crippen LogP contribution in [0.3, 0.4) is 0 Å². The number of sulfone groups is 1. The van der Waals surface area contributed by atoms with Crippen molar-refractivity contribution in [1.29, 1.82) is 0 Å². The highest BCUT2D eigenvalue weighted by molar-refractivity contribution is 7.91. The van der Waals surface area contributed by atoms with Gasteiger partial charge in [-0.1, -0.05) is 0 Å². The van der Waals surface area contributed by atoms with E-state index in [9.17, 15) is 18.0 Å². The minimum absolute atomic E-state index is 0.0210. The average molecular weight is 327 g/mol. The number of aryl methyl sites for hydroxylation is 2. The standard InChI is InChI=1S/C14H21N3O4S/c1-9-14(11(3)18)10(2)17(16-9)6-4-13(19)15-12-5-7-22(20,21)8-12/h12H,4-8H2,1-3H3,(H,15,19). The van der Waals surface area contributed by atoms with E-state index in [-0.39, 0.29) is 35.7 Å². The molecule has 0 radical (unpaired) electrons. The van der Waals surface area contributed by atoms with Crippen molar-refractivity contribution >= 4 is 21.5 Å². The topological polar surface area (TPSA) is 98.1 Å². The Bertz CT molecular complexity index is 706. The molecule has 0 spiro atoms. The maximum absolute atomic E-state index is 11.9. The third-order valence-electron chi connectivity index (χ3n) is 3.88. The third kappa shape index (κ3) is 3.73. The molecule has 2 heterocycles. The van der Waals surface area contributed by atoms with Gasteiger partial charge in [0, 0.05) is 24.7 Å². The van der Waals surface area contributed by atoms with Crippen molar-refractivity contribution in [3.8, 4) is 0 Å². The first-order chi connectivity index (χ1) is 10.2. The van der Waals surface area contributed by atoms with Crippen molar-refractivity contribution in [2.24, 2.45) is 0 Å². The number of Topliss-reactive ketones (excluding diaryl/α,β-unsaturated/α-hetero) is 1. The first kappa shape index (κ1) is 16.7. The molecule has 1 aromatic rings. The Labute approximate surface area is 130 Å². The molecule has 1 amide bonds. The lowest BCUT2D eigenvalue weighted by molar-refractivity contribution is -0.121. The lowest BCUT2D eigenvalue weighted by atomic mass is 10.1. The molecule has 1 aliphatic heterocycles. The molecule has 1 N–H and O–H groups in total. The highest BCUT2D eigenvalue weighted by Crippen LogP contribution is 2.14. The van der Waals surface area contributed by atoms with Gasteiger partial charge in [-0.3, -0.25) is 14.3 Å². The Morgan fingerprint density at radius 3 is 2.55 bits per heavy atom. The van der Waals surface area contributed by atoms with Crippen molar-refractivity contribution in [3.05, 3.63) is 17.0 Å². The fraction of sp³-hybridized carbons (Fsp3) is 0.643. The summed E-state index contributed by atoms with van der Waals surface area (Å²) >= 11 is 0. The number of amides is 1. The number of rotatable bonds is 5. The second-order valence-electron chi connectivity index (χ2n) is 5.74. The SMILES string of the molecule is CC(=O)c1c(C)nn(CCC(=O)NC2CCS(=O)(=O)C2)c1C. The summed E-state index contributed by atoms with van der Waals surface area (Å²) in [4.78, 5) is 23.4. The highest BCUT2D eigenvalue weighted by atomic mass is 32.2. The Hall–Kier alpha value is -1.70. The zero-order valence-corrected chi connectivity index (χ0v) is 13.9. The zero-order valence-electron chi connectivity index (χ0n) is 13.0. The fourth-order valence-electron chi connectivity index (χ4n) is 2.84. The highest BCUT2D eigenvalue weighted by Gasteiger charge is 2.28. The molecule has 1 atom stereocenters. The molecule has 1 saturated heterocycles. The van der Waals surface area contributed by atoms with Crippen LogP contribution in [-0.4, -0.2) is 47.4 Å². The first-order valence-electron chi connectivity index (χ1n) is 7.24. The number of carbonyl (C=O) groups excluding carboxylic acids is 2. The van der Waals surface area contributed by atoms with Gasteiger partial charge in [0.25, 0.3) is 0 Å². The van der Waals surface area contributed by atoms with Gasteiger partial charge in [0.1, 0.15) is 0 Å². The van der Waals surface area contributed by atoms with E-state index in [0.29, 0.717) is 24.2 Å². The summed E-state index contributed by atoms with van der Waals surface area (Å²) in [6, 6.07) is -0.286. The molecule has 1 aliphatic rings. The van der Waals surface area contributed by atoms with Gasteiger partial charge in [0.05, 0.1) is 22.8 Å². The number of nitrogens with zero attached hydrogens (tertiary/aromatic N) is 2. The molecular weight excluding hydrogens is 306 g/mol. The molecule has 122 valence electrons. The number of nitrogens with one attached hydrogen (secondary N) is 1. The van der Waals surface area contributed by atoms with Gasteiger partial charge in [0.2, 0.25) is 5.91 Å². The van der Waals surface area contributed by atoms with Crippen LogP contribution in [0.2, 0.25) is 0 Å². The Kier molecular flexibility index (Phi) is 4.69. The number of hydrogen-bond acceptors (Lipinski definition) is 5. The van der Waals surface area contributed by atoms with Crippen LogP contribution in [0.15, 0.2) is 0 Å². The molecule has 1 aromatic heterocycles. The van der Waals surface area contributed by atoms with Gasteiger partial charge in [0.15, 0.2) is 15.6 Å². The summed E-state index contributed by atoms with van der Waals surface area (Å²) in [6.45, 7) is 5.43. The van der Waals surface area contributed by atoms with E-state index in [1.165, 1.54) is 6.92 Å². The van der Waals surface area contributed by atoms with E-state index in [1.807, 2.05) is 0 Å². The summed E-state index contributed by atoms with van der Waals surface area (Å²) in [7, 11) is -3.00. The van der Waals surface area contributed by atoms with Gasteiger partial charge in [-0.05, 0) is 27.2 Å². The fourth-order valence-corrected chi connectivity index (χ4v) is 4.51. The number of ketones is 1. The van der Waals surface area contributed by atoms with Crippen LogP contribution in [0.25, 0.3) is 0 Å². The molecule has 0 saturated carbocycles. The average Bonchev–Trinajstić information content (AvgIpc) is 2.86. The Morgan fingerprint density at radius 2 is 2.05 bits per heavy atom. The van der Waals surface area contributed by atoms with Gasteiger partial charge in [-0.25, -0.2) is 8.42 Å². The summed E-state index contributed by atoms with van der Waals surface area (Å²) in [5.74, 6) is -0.0780. The second kappa shape index (κ2) is 6.20. The molecule has 0 aliphatic carbocycles. The summed E-state index contributed by atoms with van der Waals surface area (Å²) in [6.07, 6.45) is 0.679. The maximum Gasteiger partial charge on any atom is 0.222 e. The normalized spacial score (nSPS) is 20.0. The quantitative estimate of drug-likeness (QED) is 0.789. The molecule has 22 heavy (non-hydrogen) atoms. The van der Waals surface area contributed by atoms with Gasteiger partial charge >= 0.3 is 0 Å². The number of carbonyl (C=O) groups is 2. The molecular formula is C14H21N3O4S. The van der Waals surface area contributed by atoms with Crippen LogP contribution >= 0.6 is 0 Å². The van der Waals surface area contributed by atoms with Crippen molar-refractivity contribution in [1.82, 2.24) is 15.1 Å². The van der Waals surface area contributed by atoms with Crippen LogP contribution in [-0.2, 0) is 21.2 Å². The van der Waals surface area contributed by atoms with Gasteiger partial charge in [-0.2, -0.15) is 5.10 Å². The van der Waals surface area contributed by atoms with Gasteiger partial charge in [-0.15, -0.1) is 0 Å². The second-order valence-corrected chi connectivity index (χ2v) is 7.97. The lowest BCUT2D eigenvalue weighted by Crippen LogP contribution is -2.36. The van der Waals surface area contributed by atoms with Crippen LogP contribution in [0, 0.1) is 13.8 Å². The number of aromatic nitrogens is 2. The van der Waals surface area contributed by atoms with Gasteiger partial charge < -0.3 is 5.32 Å². The summed E-state index contributed by atoms with van der Waals surface area (Å²) in [5, 5.41) is 7.02. The van der Waals surface area contributed by atoms with Crippen LogP contribution in [0.4, 0.5) is 0 Å². The molecule has 0 aromatic carbocycles. The van der Waals surface area contributed by atoms with Crippen molar-refractivity contribution in [2.75, 3.05) is 11.5 Å². The zero-order chi connectivity index (χ0) is 16.5. The van der Waals surface area contributed by atoms with E-state index < -0.39 is 9.84 Å². The first-order valence-corrected chi connectivity index (χ1v) is 9.06. The van der Waals surface area contributed by atoms with Crippen molar-refractivity contribution in [3.63, 3.8) is 0 Å². The maximum atomic E-state index is 11.9. The Morgan fingerprint density at radius 1 is 1.36 bits per heavy atom. The smallest absolute Gasteiger partial charge is 0.222 e. The third-order valence-corrected chi connectivity index (χ3v) is 5.65. The van der Waals surface area contributed by atoms with Crippen molar-refractivity contribution in [2.45, 2.75) is 46.2 Å². The van der Waals surface area contributed by atoms with E-state index in [1.54, 1.807) is 18.5 Å². The van der Waals surface area contributed by atoms with Crippen LogP contribution < -0.4 is 5.32 Å². The van der Waals surface area contributed by atoms with E-state index in [2.05, 4.69) is 10.4 Å². The molecule has 1 unspecified atom stereocenters. The monoisotopic (exact) mass is 327 g/mol. The van der Waals surface area contributed by atoms with E-state index in [4.69, 9.17) is 0 Å². The lowest BCUT2D eigenvalue weighted by Gasteiger charge is -2.11. The molecule has 1 fully saturated rings. The van der Waals surface area contributed by atoms with Crippen LogP contribution in [0.5, 0.6) is 0 Å². The summed E-state index contributed by atoms with van der Waals surface area (Å²) in [5.41, 5.74) is 2.01. The van der Waals surface area contributed by atoms with Crippen molar-refractivity contribution < 1.29 is 18.0 Å². The number of hydrogen-bond donors (Lipinski definition) is 1. The minimum Gasteiger partial charge on any atom is -0.352 e. The summed E-state index contributed by atoms with van der Waals surface area (Å²) < 4.78 is 24.4. The van der Waals surface area contributed by atoms with E-state index in [0.717, 1.165) is 5.69 Å². The predicted octanol–water partition coefficient (Wildman–Crippen LogP) is 0.396. The van der Waals surface area contributed by atoms with Crippen LogP contribution in [0.1, 0.15) is 41.5 Å². The molecule has 7 nitrogen and oxygen atoms in total. The molecule has 8 heteroatoms. The predicted molar refractivity (Wildman–Crippen MR) is 81.5 cm³/mol. The molecule has 0 bridgehead atoms. The van der Waals surface area contributed by atoms with E-state index >= 15 is 0 Å². The minimum atomic E-state index is -3.00. The Balaban J connectivity index is 1.92.